The molecule has 0 aliphatic heterocycles. The Morgan fingerprint density at radius 3 is 2.40 bits per heavy atom. The van der Waals surface area contributed by atoms with Gasteiger partial charge in [-0.05, 0) is 39.0 Å². The van der Waals surface area contributed by atoms with Crippen molar-refractivity contribution in [1.29, 1.82) is 0 Å². The van der Waals surface area contributed by atoms with Crippen LogP contribution in [0.1, 0.15) is 48.7 Å². The summed E-state index contributed by atoms with van der Waals surface area (Å²) >= 11 is 0. The first-order valence-electron chi connectivity index (χ1n) is 7.30. The molecule has 2 N–H and O–H groups in total. The Morgan fingerprint density at radius 2 is 1.88 bits per heavy atom. The molecule has 0 radical (unpaired) electrons. The summed E-state index contributed by atoms with van der Waals surface area (Å²) in [5.41, 5.74) is -2.55. The lowest BCUT2D eigenvalue weighted by Crippen LogP contribution is -2.32. The molecule has 1 aromatic rings. The summed E-state index contributed by atoms with van der Waals surface area (Å²) in [7, 11) is 0. The normalized spacial score (nSPS) is 11.3. The summed E-state index contributed by atoms with van der Waals surface area (Å²) in [5, 5.41) is 11.2. The van der Waals surface area contributed by atoms with Crippen LogP contribution in [0.15, 0.2) is 18.2 Å². The predicted octanol–water partition coefficient (Wildman–Crippen LogP) is 3.67. The van der Waals surface area contributed by atoms with Gasteiger partial charge in [0.15, 0.2) is 0 Å². The highest BCUT2D eigenvalue weighted by Crippen LogP contribution is 2.32. The molecule has 136 valence electrons. The van der Waals surface area contributed by atoms with E-state index in [0.29, 0.717) is 6.07 Å². The first-order chi connectivity index (χ1) is 11.4. The molecule has 0 heterocycles. The van der Waals surface area contributed by atoms with Gasteiger partial charge in [-0.15, -0.1) is 0 Å². The summed E-state index contributed by atoms with van der Waals surface area (Å²) in [6, 6.07) is 2.62. The fourth-order valence-electron chi connectivity index (χ4n) is 1.72. The molecular weight excluding hydrogens is 339 g/mol. The van der Waals surface area contributed by atoms with Gasteiger partial charge >= 0.3 is 18.2 Å². The van der Waals surface area contributed by atoms with Gasteiger partial charge in [0.1, 0.15) is 5.60 Å². The van der Waals surface area contributed by atoms with Crippen LogP contribution < -0.4 is 5.32 Å². The van der Waals surface area contributed by atoms with E-state index in [2.05, 4.69) is 17.2 Å². The van der Waals surface area contributed by atoms with Crippen LogP contribution in [0.3, 0.4) is 0 Å². The van der Waals surface area contributed by atoms with Gasteiger partial charge in [0.05, 0.1) is 11.1 Å². The maximum absolute atomic E-state index is 13.0. The van der Waals surface area contributed by atoms with E-state index in [9.17, 15) is 22.8 Å². The highest BCUT2D eigenvalue weighted by atomic mass is 19.4. The molecule has 25 heavy (non-hydrogen) atoms. The maximum atomic E-state index is 13.0. The number of amides is 1. The van der Waals surface area contributed by atoms with Crippen LogP contribution in [0.2, 0.25) is 0 Å². The van der Waals surface area contributed by atoms with Gasteiger partial charge in [0, 0.05) is 18.5 Å². The summed E-state index contributed by atoms with van der Waals surface area (Å²) in [6.07, 6.45) is -5.25. The molecule has 0 aliphatic rings. The second-order valence-electron chi connectivity index (χ2n) is 6.04. The number of carboxylic acid groups (broad SMARTS) is 1. The zero-order chi connectivity index (χ0) is 19.3. The van der Waals surface area contributed by atoms with Crippen molar-refractivity contribution in [3.05, 3.63) is 34.9 Å². The summed E-state index contributed by atoms with van der Waals surface area (Å²) in [5.74, 6) is 3.41. The minimum atomic E-state index is -4.72. The first-order valence-corrected chi connectivity index (χ1v) is 7.30. The monoisotopic (exact) mass is 357 g/mol. The molecule has 5 nitrogen and oxygen atoms in total. The molecular formula is C17H18F3NO4. The number of ether oxygens (including phenoxy) is 1. The van der Waals surface area contributed by atoms with Crippen molar-refractivity contribution >= 4 is 12.1 Å². The largest absolute Gasteiger partial charge is 0.478 e. The quantitative estimate of drug-likeness (QED) is 0.639. The number of alkyl halides is 3. The maximum Gasteiger partial charge on any atom is 0.417 e. The van der Waals surface area contributed by atoms with Crippen molar-refractivity contribution in [2.45, 2.75) is 39.0 Å². The Kier molecular flexibility index (Phi) is 6.45. The van der Waals surface area contributed by atoms with Gasteiger partial charge in [0.2, 0.25) is 0 Å². The highest BCUT2D eigenvalue weighted by molar-refractivity contribution is 5.88. The summed E-state index contributed by atoms with van der Waals surface area (Å²) < 4.78 is 44.0. The van der Waals surface area contributed by atoms with E-state index >= 15 is 0 Å². The van der Waals surface area contributed by atoms with E-state index in [0.717, 1.165) is 12.1 Å². The average molecular weight is 357 g/mol. The fraction of sp³-hybridized carbons (Fsp3) is 0.412. The van der Waals surface area contributed by atoms with Gasteiger partial charge in [-0.1, -0.05) is 11.8 Å². The van der Waals surface area contributed by atoms with E-state index in [1.54, 1.807) is 20.8 Å². The molecule has 0 aromatic heterocycles. The molecule has 0 fully saturated rings. The van der Waals surface area contributed by atoms with E-state index in [1.165, 1.54) is 0 Å². The van der Waals surface area contributed by atoms with Gasteiger partial charge in [-0.3, -0.25) is 0 Å². The lowest BCUT2D eigenvalue weighted by molar-refractivity contribution is -0.137. The summed E-state index contributed by atoms with van der Waals surface area (Å²) in [6.45, 7) is 5.21. The third-order valence-electron chi connectivity index (χ3n) is 2.71. The molecule has 0 bridgehead atoms. The Morgan fingerprint density at radius 1 is 1.24 bits per heavy atom. The number of aromatic carboxylic acids is 1. The van der Waals surface area contributed by atoms with Crippen molar-refractivity contribution in [3.8, 4) is 11.8 Å². The lowest BCUT2D eigenvalue weighted by Gasteiger charge is -2.19. The molecule has 1 aromatic carbocycles. The number of carbonyl (C=O) groups excluding carboxylic acids is 1. The number of hydrogen-bond donors (Lipinski definition) is 2. The molecule has 0 unspecified atom stereocenters. The average Bonchev–Trinajstić information content (AvgIpc) is 2.43. The second kappa shape index (κ2) is 7.92. The zero-order valence-corrected chi connectivity index (χ0v) is 14.0. The topological polar surface area (TPSA) is 75.6 Å². The van der Waals surface area contributed by atoms with Crippen LogP contribution >= 0.6 is 0 Å². The fourth-order valence-corrected chi connectivity index (χ4v) is 1.72. The van der Waals surface area contributed by atoms with Crippen molar-refractivity contribution in [2.24, 2.45) is 0 Å². The molecule has 0 spiro atoms. The third-order valence-corrected chi connectivity index (χ3v) is 2.71. The SMILES string of the molecule is CC(C)(C)OC(=O)NCCC#Cc1ccc(C(=O)O)cc1C(F)(F)F. The Labute approximate surface area is 143 Å². The minimum Gasteiger partial charge on any atom is -0.478 e. The second-order valence-corrected chi connectivity index (χ2v) is 6.04. The van der Waals surface area contributed by atoms with Crippen molar-refractivity contribution in [3.63, 3.8) is 0 Å². The molecule has 0 saturated carbocycles. The van der Waals surface area contributed by atoms with Gasteiger partial charge in [-0.2, -0.15) is 13.2 Å². The Hall–Kier alpha value is -2.69. The van der Waals surface area contributed by atoms with Crippen molar-refractivity contribution in [2.75, 3.05) is 6.54 Å². The Bertz CT molecular complexity index is 709. The van der Waals surface area contributed by atoms with Crippen LogP contribution in [0.5, 0.6) is 0 Å². The smallest absolute Gasteiger partial charge is 0.417 e. The van der Waals surface area contributed by atoms with Crippen LogP contribution in [0.25, 0.3) is 0 Å². The lowest BCUT2D eigenvalue weighted by atomic mass is 10.0. The van der Waals surface area contributed by atoms with Crippen LogP contribution in [-0.2, 0) is 10.9 Å². The first kappa shape index (κ1) is 20.4. The molecule has 1 rings (SSSR count). The van der Waals surface area contributed by atoms with Crippen molar-refractivity contribution in [1.82, 2.24) is 5.32 Å². The highest BCUT2D eigenvalue weighted by Gasteiger charge is 2.33. The zero-order valence-electron chi connectivity index (χ0n) is 14.0. The minimum absolute atomic E-state index is 0.108. The van der Waals surface area contributed by atoms with E-state index < -0.39 is 35.0 Å². The number of hydrogen-bond acceptors (Lipinski definition) is 3. The number of carboxylic acids is 1. The summed E-state index contributed by atoms with van der Waals surface area (Å²) in [4.78, 5) is 22.2. The number of nitrogens with one attached hydrogen (secondary N) is 1. The van der Waals surface area contributed by atoms with E-state index in [4.69, 9.17) is 9.84 Å². The molecule has 1 amide bonds. The van der Waals surface area contributed by atoms with Crippen LogP contribution in [0, 0.1) is 11.8 Å². The van der Waals surface area contributed by atoms with Crippen molar-refractivity contribution < 1.29 is 32.6 Å². The number of halogens is 3. The van der Waals surface area contributed by atoms with Gasteiger partial charge in [0.25, 0.3) is 0 Å². The van der Waals surface area contributed by atoms with Crippen LogP contribution in [0.4, 0.5) is 18.0 Å². The molecule has 8 heteroatoms. The molecule has 0 aliphatic carbocycles. The third kappa shape index (κ3) is 7.16. The van der Waals surface area contributed by atoms with Gasteiger partial charge < -0.3 is 15.2 Å². The van der Waals surface area contributed by atoms with E-state index in [1.807, 2.05) is 0 Å². The number of rotatable bonds is 3. The number of benzene rings is 1. The van der Waals surface area contributed by atoms with E-state index in [-0.39, 0.29) is 18.5 Å². The number of alkyl carbamates (subject to hydrolysis) is 1. The number of carbonyl (C=O) groups is 2. The standard InChI is InChI=1S/C17H18F3NO4/c1-16(2,3)25-15(24)21-9-5-4-6-11-7-8-12(14(22)23)10-13(11)17(18,19)20/h7-8,10H,5,9H2,1-3H3,(H,21,24)(H,22,23). The molecule has 0 atom stereocenters. The molecule has 0 saturated heterocycles. The van der Waals surface area contributed by atoms with Crippen LogP contribution in [-0.4, -0.2) is 29.3 Å². The Balaban J connectivity index is 2.76. The predicted molar refractivity (Wildman–Crippen MR) is 84.1 cm³/mol. The van der Waals surface area contributed by atoms with Gasteiger partial charge in [-0.25, -0.2) is 9.59 Å².